The van der Waals surface area contributed by atoms with Gasteiger partial charge in [-0.1, -0.05) is 41.4 Å². The zero-order valence-electron chi connectivity index (χ0n) is 12.6. The van der Waals surface area contributed by atoms with Crippen LogP contribution in [0, 0.1) is 6.92 Å². The number of nitrogens with one attached hydrogen (secondary N) is 1. The van der Waals surface area contributed by atoms with Crippen molar-refractivity contribution < 1.29 is 4.74 Å². The Bertz CT molecular complexity index is 640. The quantitative estimate of drug-likeness (QED) is 0.843. The Balaban J connectivity index is 2.30. The summed E-state index contributed by atoms with van der Waals surface area (Å²) < 4.78 is 8.65. The minimum atomic E-state index is 0.397. The van der Waals surface area contributed by atoms with Gasteiger partial charge in [0, 0.05) is 24.1 Å². The molecule has 0 fully saturated rings. The zero-order chi connectivity index (χ0) is 15.6. The van der Waals surface area contributed by atoms with E-state index < -0.39 is 0 Å². The van der Waals surface area contributed by atoms with Gasteiger partial charge in [0.15, 0.2) is 0 Å². The number of aryl methyl sites for hydroxylation is 2. The summed E-state index contributed by atoms with van der Waals surface area (Å²) in [7, 11) is 1.87. The summed E-state index contributed by atoms with van der Waals surface area (Å²) in [5, 5.41) is 8.38. The molecule has 1 heterocycles. The van der Waals surface area contributed by atoms with Crippen LogP contribution in [-0.4, -0.2) is 15.8 Å². The van der Waals surface area contributed by atoms with Gasteiger partial charge < -0.3 is 10.1 Å². The molecule has 21 heavy (non-hydrogen) atoms. The second kappa shape index (κ2) is 6.81. The van der Waals surface area contributed by atoms with Gasteiger partial charge in [-0.05, 0) is 25.1 Å². The van der Waals surface area contributed by atoms with E-state index in [-0.39, 0.29) is 0 Å². The smallest absolute Gasteiger partial charge is 0.222 e. The van der Waals surface area contributed by atoms with Crippen LogP contribution in [0.15, 0.2) is 22.7 Å². The second-order valence-electron chi connectivity index (χ2n) is 5.21. The molecule has 2 aromatic rings. The molecular weight excluding hydrogens is 354 g/mol. The largest absolute Gasteiger partial charge is 0.437 e. The van der Waals surface area contributed by atoms with Gasteiger partial charge in [-0.25, -0.2) is 4.68 Å². The van der Waals surface area contributed by atoms with Crippen LogP contribution in [0.2, 0.25) is 5.02 Å². The van der Waals surface area contributed by atoms with Gasteiger partial charge in [0.05, 0.1) is 16.3 Å². The molecule has 0 radical (unpaired) electrons. The van der Waals surface area contributed by atoms with Gasteiger partial charge >= 0.3 is 0 Å². The van der Waals surface area contributed by atoms with Crippen molar-refractivity contribution in [3.63, 3.8) is 0 Å². The first-order valence-corrected chi connectivity index (χ1v) is 7.94. The Hall–Kier alpha value is -1.04. The Kier molecular flexibility index (Phi) is 5.30. The van der Waals surface area contributed by atoms with Crippen molar-refractivity contribution in [3.05, 3.63) is 39.0 Å². The van der Waals surface area contributed by atoms with Crippen LogP contribution in [-0.2, 0) is 13.6 Å². The maximum atomic E-state index is 6.22. The molecule has 0 amide bonds. The van der Waals surface area contributed by atoms with E-state index in [0.29, 0.717) is 29.2 Å². The minimum absolute atomic E-state index is 0.397. The lowest BCUT2D eigenvalue weighted by Gasteiger charge is -2.12. The van der Waals surface area contributed by atoms with Crippen molar-refractivity contribution in [3.8, 4) is 11.6 Å². The van der Waals surface area contributed by atoms with Gasteiger partial charge in [0.2, 0.25) is 5.88 Å². The fourth-order valence-corrected chi connectivity index (χ4v) is 2.69. The van der Waals surface area contributed by atoms with E-state index in [1.165, 1.54) is 0 Å². The SMILES string of the molecule is Cc1nn(C)c(Oc2ccc(Br)cc2Cl)c1CNC(C)C. The first-order valence-electron chi connectivity index (χ1n) is 6.77. The third-order valence-corrected chi connectivity index (χ3v) is 3.87. The van der Waals surface area contributed by atoms with Crippen molar-refractivity contribution in [2.45, 2.75) is 33.4 Å². The molecule has 0 aliphatic carbocycles. The third-order valence-electron chi connectivity index (χ3n) is 3.08. The van der Waals surface area contributed by atoms with E-state index in [4.69, 9.17) is 16.3 Å². The van der Waals surface area contributed by atoms with Crippen LogP contribution in [0.5, 0.6) is 11.6 Å². The fourth-order valence-electron chi connectivity index (χ4n) is 1.98. The average Bonchev–Trinajstić information content (AvgIpc) is 2.65. The van der Waals surface area contributed by atoms with E-state index in [1.54, 1.807) is 4.68 Å². The molecule has 4 nitrogen and oxygen atoms in total. The molecule has 114 valence electrons. The monoisotopic (exact) mass is 371 g/mol. The van der Waals surface area contributed by atoms with Gasteiger partial charge in [-0.15, -0.1) is 0 Å². The third kappa shape index (κ3) is 3.99. The molecule has 1 N–H and O–H groups in total. The molecule has 0 spiro atoms. The molecule has 0 unspecified atom stereocenters. The predicted octanol–water partition coefficient (Wildman–Crippen LogP) is 4.43. The summed E-state index contributed by atoms with van der Waals surface area (Å²) in [6.07, 6.45) is 0. The predicted molar refractivity (Wildman–Crippen MR) is 89.1 cm³/mol. The van der Waals surface area contributed by atoms with Crippen LogP contribution >= 0.6 is 27.5 Å². The van der Waals surface area contributed by atoms with E-state index in [1.807, 2.05) is 32.2 Å². The Morgan fingerprint density at radius 3 is 2.76 bits per heavy atom. The van der Waals surface area contributed by atoms with Crippen LogP contribution < -0.4 is 10.1 Å². The molecular formula is C15H19BrClN3O. The highest BCUT2D eigenvalue weighted by Crippen LogP contribution is 2.33. The summed E-state index contributed by atoms with van der Waals surface area (Å²) in [5.74, 6) is 1.33. The number of nitrogens with zero attached hydrogens (tertiary/aromatic N) is 2. The highest BCUT2D eigenvalue weighted by molar-refractivity contribution is 9.10. The van der Waals surface area contributed by atoms with E-state index >= 15 is 0 Å². The van der Waals surface area contributed by atoms with Crippen molar-refractivity contribution in [1.29, 1.82) is 0 Å². The fraction of sp³-hybridized carbons (Fsp3) is 0.400. The summed E-state index contributed by atoms with van der Waals surface area (Å²) in [4.78, 5) is 0. The van der Waals surface area contributed by atoms with Crippen LogP contribution in [0.25, 0.3) is 0 Å². The van der Waals surface area contributed by atoms with E-state index in [2.05, 4.69) is 40.2 Å². The van der Waals surface area contributed by atoms with E-state index in [9.17, 15) is 0 Å². The highest BCUT2D eigenvalue weighted by atomic mass is 79.9. The number of halogens is 2. The Morgan fingerprint density at radius 1 is 1.43 bits per heavy atom. The van der Waals surface area contributed by atoms with Gasteiger partial charge in [-0.3, -0.25) is 0 Å². The molecule has 0 saturated heterocycles. The van der Waals surface area contributed by atoms with Crippen molar-refractivity contribution in [1.82, 2.24) is 15.1 Å². The molecule has 6 heteroatoms. The zero-order valence-corrected chi connectivity index (χ0v) is 14.9. The first kappa shape index (κ1) is 16.3. The van der Waals surface area contributed by atoms with Crippen LogP contribution in [0.1, 0.15) is 25.1 Å². The Morgan fingerprint density at radius 2 is 2.14 bits per heavy atom. The first-order chi connectivity index (χ1) is 9.88. The van der Waals surface area contributed by atoms with Gasteiger partial charge in [0.25, 0.3) is 0 Å². The number of hydrogen-bond acceptors (Lipinski definition) is 3. The number of rotatable bonds is 5. The summed E-state index contributed by atoms with van der Waals surface area (Å²) in [6.45, 7) is 6.91. The minimum Gasteiger partial charge on any atom is -0.437 e. The topological polar surface area (TPSA) is 39.1 Å². The second-order valence-corrected chi connectivity index (χ2v) is 6.53. The average molecular weight is 373 g/mol. The molecule has 0 bridgehead atoms. The Labute approximate surface area is 138 Å². The van der Waals surface area contributed by atoms with Crippen molar-refractivity contribution >= 4 is 27.5 Å². The lowest BCUT2D eigenvalue weighted by Crippen LogP contribution is -2.22. The number of benzene rings is 1. The number of hydrogen-bond donors (Lipinski definition) is 1. The molecule has 0 aliphatic heterocycles. The molecule has 1 aromatic carbocycles. The van der Waals surface area contributed by atoms with Crippen LogP contribution in [0.4, 0.5) is 0 Å². The van der Waals surface area contributed by atoms with Crippen LogP contribution in [0.3, 0.4) is 0 Å². The lowest BCUT2D eigenvalue weighted by atomic mass is 10.2. The van der Waals surface area contributed by atoms with E-state index in [0.717, 1.165) is 15.7 Å². The normalized spacial score (nSPS) is 11.2. The van der Waals surface area contributed by atoms with Gasteiger partial charge in [0.1, 0.15) is 5.75 Å². The maximum Gasteiger partial charge on any atom is 0.222 e. The maximum absolute atomic E-state index is 6.22. The summed E-state index contributed by atoms with van der Waals surface area (Å²) >= 11 is 9.61. The number of ether oxygens (including phenoxy) is 1. The summed E-state index contributed by atoms with van der Waals surface area (Å²) in [6, 6.07) is 5.95. The number of aromatic nitrogens is 2. The van der Waals surface area contributed by atoms with Crippen molar-refractivity contribution in [2.75, 3.05) is 0 Å². The van der Waals surface area contributed by atoms with Gasteiger partial charge in [-0.2, -0.15) is 5.10 Å². The molecule has 0 atom stereocenters. The highest BCUT2D eigenvalue weighted by Gasteiger charge is 2.16. The van der Waals surface area contributed by atoms with Crippen molar-refractivity contribution in [2.24, 2.45) is 7.05 Å². The summed E-state index contributed by atoms with van der Waals surface area (Å²) in [5.41, 5.74) is 2.00. The lowest BCUT2D eigenvalue weighted by molar-refractivity contribution is 0.422. The molecule has 0 saturated carbocycles. The molecule has 1 aromatic heterocycles. The molecule has 0 aliphatic rings. The standard InChI is InChI=1S/C15H19BrClN3O/c1-9(2)18-8-12-10(3)19-20(4)15(12)21-14-6-5-11(16)7-13(14)17/h5-7,9,18H,8H2,1-4H3. The molecule has 2 rings (SSSR count).